The Morgan fingerprint density at radius 3 is 2.50 bits per heavy atom. The smallest absolute Gasteiger partial charge is 0.493 e. The molecular formula is C27H26F3N3O3S2. The summed E-state index contributed by atoms with van der Waals surface area (Å²) in [4.78, 5) is 9.73. The van der Waals surface area contributed by atoms with Crippen LogP contribution in [0.3, 0.4) is 0 Å². The summed E-state index contributed by atoms with van der Waals surface area (Å²) in [6, 6.07) is 15.3. The molecule has 0 bridgehead atoms. The van der Waals surface area contributed by atoms with Crippen LogP contribution in [0.4, 0.5) is 18.9 Å². The van der Waals surface area contributed by atoms with Gasteiger partial charge >= 0.3 is 15.5 Å². The third-order valence-corrected chi connectivity index (χ3v) is 7.80. The van der Waals surface area contributed by atoms with Crippen molar-refractivity contribution in [1.82, 2.24) is 9.97 Å². The van der Waals surface area contributed by atoms with Crippen LogP contribution in [0.1, 0.15) is 25.1 Å². The molecular weight excluding hydrogens is 535 g/mol. The van der Waals surface area contributed by atoms with Gasteiger partial charge in [0.15, 0.2) is 0 Å². The molecule has 3 heterocycles. The van der Waals surface area contributed by atoms with E-state index in [-0.39, 0.29) is 11.6 Å². The molecule has 0 saturated heterocycles. The van der Waals surface area contributed by atoms with Gasteiger partial charge in [0, 0.05) is 35.1 Å². The van der Waals surface area contributed by atoms with E-state index >= 15 is 0 Å². The molecule has 38 heavy (non-hydrogen) atoms. The quantitative estimate of drug-likeness (QED) is 0.275. The van der Waals surface area contributed by atoms with Crippen molar-refractivity contribution >= 4 is 27.0 Å². The molecule has 2 aromatic carbocycles. The number of nitrogens with one attached hydrogen (secondary N) is 1. The van der Waals surface area contributed by atoms with Crippen LogP contribution in [0.25, 0.3) is 21.6 Å². The summed E-state index contributed by atoms with van der Waals surface area (Å²) < 4.78 is 69.5. The minimum atomic E-state index is -5.54. The number of ether oxygens (including phenoxy) is 1. The number of sulfonamides is 1. The van der Waals surface area contributed by atoms with Crippen molar-refractivity contribution in [1.29, 1.82) is 0 Å². The minimum Gasteiger partial charge on any atom is -0.493 e. The second-order valence-electron chi connectivity index (χ2n) is 8.41. The van der Waals surface area contributed by atoms with Gasteiger partial charge in [0.25, 0.3) is 0 Å². The third kappa shape index (κ3) is 6.16. The number of rotatable bonds is 6. The van der Waals surface area contributed by atoms with E-state index < -0.39 is 15.5 Å². The lowest BCUT2D eigenvalue weighted by Crippen LogP contribution is -2.30. The molecule has 0 aliphatic carbocycles. The van der Waals surface area contributed by atoms with E-state index in [2.05, 4.69) is 9.97 Å². The van der Waals surface area contributed by atoms with Crippen molar-refractivity contribution in [3.05, 3.63) is 83.8 Å². The fourth-order valence-electron chi connectivity index (χ4n) is 4.11. The van der Waals surface area contributed by atoms with Crippen molar-refractivity contribution in [3.63, 3.8) is 0 Å². The maximum Gasteiger partial charge on any atom is 0.516 e. The lowest BCUT2D eigenvalue weighted by molar-refractivity contribution is -0.0429. The van der Waals surface area contributed by atoms with Gasteiger partial charge in [0.05, 0.1) is 22.7 Å². The molecule has 200 valence electrons. The zero-order chi connectivity index (χ0) is 27.3. The molecule has 0 saturated carbocycles. The standard InChI is InChI=1S/C25H20F3N3O3S2.C2H6/c26-25(27,28)36(32,33)31-22-4-2-1-3-21(22)17-5-6-18-9-16(14-34-23(18)11-17)10-20-8-7-19(12-30-20)24-13-29-15-35-24;1-2/h1-8,11-13,15-16,31H,9-10,14H2;1-2H3. The van der Waals surface area contributed by atoms with Gasteiger partial charge in [-0.1, -0.05) is 50.2 Å². The number of nitrogens with zero attached hydrogens (tertiary/aromatic N) is 2. The lowest BCUT2D eigenvalue weighted by atomic mass is 9.91. The van der Waals surface area contributed by atoms with Gasteiger partial charge in [0.2, 0.25) is 0 Å². The number of aromatic nitrogens is 2. The Labute approximate surface area is 223 Å². The van der Waals surface area contributed by atoms with Crippen LogP contribution >= 0.6 is 11.3 Å². The van der Waals surface area contributed by atoms with E-state index in [9.17, 15) is 21.6 Å². The van der Waals surface area contributed by atoms with Gasteiger partial charge < -0.3 is 4.74 Å². The molecule has 4 aromatic rings. The highest BCUT2D eigenvalue weighted by Gasteiger charge is 2.46. The topological polar surface area (TPSA) is 81.2 Å². The lowest BCUT2D eigenvalue weighted by Gasteiger charge is -2.26. The molecule has 0 spiro atoms. The van der Waals surface area contributed by atoms with Gasteiger partial charge in [-0.25, -0.2) is 0 Å². The number of thiazole rings is 1. The van der Waals surface area contributed by atoms with Crippen molar-refractivity contribution in [2.24, 2.45) is 5.92 Å². The van der Waals surface area contributed by atoms with Crippen molar-refractivity contribution in [3.8, 4) is 27.3 Å². The Kier molecular flexibility index (Phi) is 8.37. The predicted molar refractivity (Wildman–Crippen MR) is 144 cm³/mol. The summed E-state index contributed by atoms with van der Waals surface area (Å²) in [5.41, 5.74) is 0.0489. The molecule has 1 N–H and O–H groups in total. The van der Waals surface area contributed by atoms with Crippen LogP contribution in [0.5, 0.6) is 5.75 Å². The van der Waals surface area contributed by atoms with Crippen LogP contribution in [0.15, 0.2) is 72.5 Å². The first-order valence-corrected chi connectivity index (χ1v) is 14.3. The zero-order valence-corrected chi connectivity index (χ0v) is 22.3. The van der Waals surface area contributed by atoms with Gasteiger partial charge in [-0.2, -0.15) is 21.6 Å². The Balaban J connectivity index is 0.00000164. The van der Waals surface area contributed by atoms with Crippen LogP contribution in [0, 0.1) is 5.92 Å². The molecule has 1 atom stereocenters. The van der Waals surface area contributed by atoms with Crippen LogP contribution < -0.4 is 9.46 Å². The minimum absolute atomic E-state index is 0.156. The Morgan fingerprint density at radius 2 is 1.82 bits per heavy atom. The first kappa shape index (κ1) is 27.6. The Bertz CT molecular complexity index is 1470. The summed E-state index contributed by atoms with van der Waals surface area (Å²) in [6.45, 7) is 4.47. The van der Waals surface area contributed by atoms with E-state index in [4.69, 9.17) is 4.74 Å². The molecule has 0 radical (unpaired) electrons. The average Bonchev–Trinajstić information content (AvgIpc) is 3.45. The van der Waals surface area contributed by atoms with Crippen molar-refractivity contribution < 1.29 is 26.3 Å². The molecule has 5 rings (SSSR count). The SMILES string of the molecule is CC.O=S(=O)(Nc1ccccc1-c1ccc2c(c1)OCC(Cc1ccc(-c3cncs3)cn1)C2)C(F)(F)F. The van der Waals surface area contributed by atoms with Gasteiger partial charge in [-0.05, 0) is 42.2 Å². The number of pyridine rings is 1. The molecule has 0 amide bonds. The molecule has 6 nitrogen and oxygen atoms in total. The third-order valence-electron chi connectivity index (χ3n) is 5.88. The van der Waals surface area contributed by atoms with Gasteiger partial charge in [0.1, 0.15) is 5.75 Å². The van der Waals surface area contributed by atoms with E-state index in [1.165, 1.54) is 12.1 Å². The first-order valence-electron chi connectivity index (χ1n) is 12.0. The average molecular weight is 562 g/mol. The van der Waals surface area contributed by atoms with Crippen molar-refractivity contribution in [2.45, 2.75) is 32.2 Å². The first-order chi connectivity index (χ1) is 18.2. The largest absolute Gasteiger partial charge is 0.516 e. The summed E-state index contributed by atoms with van der Waals surface area (Å²) in [6.07, 6.45) is 5.16. The fraction of sp³-hybridized carbons (Fsp3) is 0.259. The molecule has 1 aliphatic rings. The molecule has 0 fully saturated rings. The highest BCUT2D eigenvalue weighted by molar-refractivity contribution is 7.93. The van der Waals surface area contributed by atoms with Crippen molar-refractivity contribution in [2.75, 3.05) is 11.3 Å². The summed E-state index contributed by atoms with van der Waals surface area (Å²) in [7, 11) is -5.54. The zero-order valence-electron chi connectivity index (χ0n) is 20.7. The second kappa shape index (κ2) is 11.5. The maximum atomic E-state index is 12.9. The van der Waals surface area contributed by atoms with Crippen LogP contribution in [-0.4, -0.2) is 30.5 Å². The monoisotopic (exact) mass is 561 g/mol. The van der Waals surface area contributed by atoms with Gasteiger partial charge in [-0.15, -0.1) is 11.3 Å². The normalized spacial score (nSPS) is 15.0. The number of hydrogen-bond donors (Lipinski definition) is 1. The molecule has 1 aliphatic heterocycles. The molecule has 11 heteroatoms. The fourth-order valence-corrected chi connectivity index (χ4v) is 5.30. The number of para-hydroxylation sites is 1. The van der Waals surface area contributed by atoms with E-state index in [1.807, 2.05) is 44.4 Å². The molecule has 2 aromatic heterocycles. The van der Waals surface area contributed by atoms with Crippen LogP contribution in [-0.2, 0) is 22.9 Å². The number of halogens is 3. The summed E-state index contributed by atoms with van der Waals surface area (Å²) in [5, 5.41) is 0. The van der Waals surface area contributed by atoms with Crippen LogP contribution in [0.2, 0.25) is 0 Å². The highest BCUT2D eigenvalue weighted by Crippen LogP contribution is 2.37. The maximum absolute atomic E-state index is 12.9. The number of alkyl halides is 3. The summed E-state index contributed by atoms with van der Waals surface area (Å²) in [5.74, 6) is 0.849. The van der Waals surface area contributed by atoms with E-state index in [0.29, 0.717) is 23.5 Å². The molecule has 1 unspecified atom stereocenters. The summed E-state index contributed by atoms with van der Waals surface area (Å²) >= 11 is 1.56. The Morgan fingerprint density at radius 1 is 1.05 bits per heavy atom. The van der Waals surface area contributed by atoms with E-state index in [1.54, 1.807) is 45.8 Å². The second-order valence-corrected chi connectivity index (χ2v) is 11.0. The van der Waals surface area contributed by atoms with Gasteiger partial charge in [-0.3, -0.25) is 14.7 Å². The predicted octanol–water partition coefficient (Wildman–Crippen LogP) is 6.95. The number of anilines is 1. The number of fused-ring (bicyclic) bond motifs is 1. The number of benzene rings is 2. The number of hydrogen-bond acceptors (Lipinski definition) is 6. The Hall–Kier alpha value is -3.44. The van der Waals surface area contributed by atoms with E-state index in [0.717, 1.165) is 34.5 Å². The highest BCUT2D eigenvalue weighted by atomic mass is 32.2.